The lowest BCUT2D eigenvalue weighted by Gasteiger charge is -2.27. The average Bonchev–Trinajstić information content (AvgIpc) is 3.23. The van der Waals surface area contributed by atoms with E-state index >= 15 is 0 Å². The van der Waals surface area contributed by atoms with Gasteiger partial charge >= 0.3 is 0 Å². The van der Waals surface area contributed by atoms with Crippen LogP contribution in [0, 0.1) is 13.8 Å². The van der Waals surface area contributed by atoms with Crippen molar-refractivity contribution in [2.24, 2.45) is 5.73 Å². The van der Waals surface area contributed by atoms with Crippen LogP contribution in [0.15, 0.2) is 18.2 Å². The molecular weight excluding hydrogens is 264 g/mol. The molecule has 4 heteroatoms. The number of ether oxygens (including phenoxy) is 1. The molecule has 1 unspecified atom stereocenters. The molecule has 3 N–H and O–H groups in total. The largest absolute Gasteiger partial charge is 0.493 e. The molecule has 116 valence electrons. The summed E-state index contributed by atoms with van der Waals surface area (Å²) in [6, 6.07) is 6.52. The predicted molar refractivity (Wildman–Crippen MR) is 84.4 cm³/mol. The summed E-state index contributed by atoms with van der Waals surface area (Å²) in [6.07, 6.45) is 3.78. The summed E-state index contributed by atoms with van der Waals surface area (Å²) in [6.45, 7) is 6.63. The molecule has 0 bridgehead atoms. The summed E-state index contributed by atoms with van der Waals surface area (Å²) >= 11 is 0. The summed E-state index contributed by atoms with van der Waals surface area (Å²) in [7, 11) is 0. The van der Waals surface area contributed by atoms with E-state index in [1.165, 1.54) is 11.1 Å². The van der Waals surface area contributed by atoms with E-state index in [2.05, 4.69) is 25.2 Å². The molecule has 1 atom stereocenters. The maximum atomic E-state index is 11.7. The molecule has 1 aliphatic carbocycles. The molecule has 0 spiro atoms. The molecule has 0 saturated heterocycles. The van der Waals surface area contributed by atoms with Crippen molar-refractivity contribution in [3.05, 3.63) is 29.3 Å². The molecule has 4 nitrogen and oxygen atoms in total. The first kappa shape index (κ1) is 15.8. The minimum Gasteiger partial charge on any atom is -0.493 e. The third-order valence-corrected chi connectivity index (χ3v) is 4.28. The Morgan fingerprint density at radius 2 is 2.14 bits per heavy atom. The molecule has 0 heterocycles. The molecule has 2 rings (SSSR count). The third-order valence-electron chi connectivity index (χ3n) is 4.28. The fourth-order valence-electron chi connectivity index (χ4n) is 2.43. The summed E-state index contributed by atoms with van der Waals surface area (Å²) in [5.41, 5.74) is 7.32. The Labute approximate surface area is 127 Å². The van der Waals surface area contributed by atoms with E-state index < -0.39 is 5.54 Å². The molecule has 0 aliphatic heterocycles. The zero-order chi connectivity index (χ0) is 15.5. The van der Waals surface area contributed by atoms with E-state index in [4.69, 9.17) is 10.5 Å². The van der Waals surface area contributed by atoms with Gasteiger partial charge in [-0.3, -0.25) is 4.79 Å². The summed E-state index contributed by atoms with van der Waals surface area (Å²) in [5.74, 6) is 0.645. The highest BCUT2D eigenvalue weighted by atomic mass is 16.5. The molecule has 0 radical (unpaired) electrons. The van der Waals surface area contributed by atoms with Gasteiger partial charge in [-0.2, -0.15) is 0 Å². The van der Waals surface area contributed by atoms with Gasteiger partial charge in [0.05, 0.1) is 12.1 Å². The SMILES string of the molecule is Cc1cccc(OCCCC(C)(NC2CC2)C(N)=O)c1C. The van der Waals surface area contributed by atoms with Crippen LogP contribution in [0.4, 0.5) is 0 Å². The maximum Gasteiger partial charge on any atom is 0.237 e. The van der Waals surface area contributed by atoms with Gasteiger partial charge in [0.25, 0.3) is 0 Å². The van der Waals surface area contributed by atoms with Crippen LogP contribution in [0.2, 0.25) is 0 Å². The monoisotopic (exact) mass is 290 g/mol. The second-order valence-electron chi connectivity index (χ2n) is 6.27. The zero-order valence-electron chi connectivity index (χ0n) is 13.2. The van der Waals surface area contributed by atoms with Crippen molar-refractivity contribution in [3.63, 3.8) is 0 Å². The van der Waals surface area contributed by atoms with E-state index in [1.54, 1.807) is 0 Å². The molecule has 1 fully saturated rings. The lowest BCUT2D eigenvalue weighted by molar-refractivity contribution is -0.124. The van der Waals surface area contributed by atoms with Crippen LogP contribution in [-0.2, 0) is 4.79 Å². The first-order valence-corrected chi connectivity index (χ1v) is 7.69. The molecular formula is C17H26N2O2. The highest BCUT2D eigenvalue weighted by Crippen LogP contribution is 2.25. The first-order chi connectivity index (χ1) is 9.92. The molecule has 0 aromatic heterocycles. The number of hydrogen-bond acceptors (Lipinski definition) is 3. The maximum absolute atomic E-state index is 11.7. The van der Waals surface area contributed by atoms with Crippen LogP contribution in [0.5, 0.6) is 5.75 Å². The van der Waals surface area contributed by atoms with Crippen molar-refractivity contribution in [2.45, 2.75) is 58.0 Å². The van der Waals surface area contributed by atoms with Gasteiger partial charge in [-0.1, -0.05) is 12.1 Å². The molecule has 1 aliphatic rings. The standard InChI is InChI=1S/C17H26N2O2/c1-12-6-4-7-15(13(12)2)21-11-5-10-17(3,16(18)20)19-14-8-9-14/h4,6-7,14,19H,5,8-11H2,1-3H3,(H2,18,20). The van der Waals surface area contributed by atoms with E-state index in [1.807, 2.05) is 19.1 Å². The van der Waals surface area contributed by atoms with Crippen LogP contribution in [0.3, 0.4) is 0 Å². The Balaban J connectivity index is 1.82. The van der Waals surface area contributed by atoms with Gasteiger partial charge in [0.15, 0.2) is 0 Å². The predicted octanol–water partition coefficient (Wildman–Crippen LogP) is 2.46. The summed E-state index contributed by atoms with van der Waals surface area (Å²) in [5, 5.41) is 3.36. The van der Waals surface area contributed by atoms with Crippen molar-refractivity contribution in [3.8, 4) is 5.75 Å². The third kappa shape index (κ3) is 4.21. The Bertz CT molecular complexity index is 512. The number of aryl methyl sites for hydroxylation is 1. The number of carbonyl (C=O) groups is 1. The second kappa shape index (κ2) is 6.48. The van der Waals surface area contributed by atoms with Gasteiger partial charge in [-0.05, 0) is 63.6 Å². The fourth-order valence-corrected chi connectivity index (χ4v) is 2.43. The quantitative estimate of drug-likeness (QED) is 0.723. The molecule has 1 amide bonds. The Hall–Kier alpha value is -1.55. The number of hydrogen-bond donors (Lipinski definition) is 2. The van der Waals surface area contributed by atoms with Gasteiger partial charge in [0, 0.05) is 6.04 Å². The topological polar surface area (TPSA) is 64.3 Å². The molecule has 1 aromatic rings. The minimum atomic E-state index is -0.619. The van der Waals surface area contributed by atoms with Crippen LogP contribution >= 0.6 is 0 Å². The van der Waals surface area contributed by atoms with Gasteiger partial charge in [-0.25, -0.2) is 0 Å². The van der Waals surface area contributed by atoms with Crippen molar-refractivity contribution in [2.75, 3.05) is 6.61 Å². The number of nitrogens with one attached hydrogen (secondary N) is 1. The fraction of sp³-hybridized carbons (Fsp3) is 0.588. The van der Waals surface area contributed by atoms with Crippen LogP contribution in [-0.4, -0.2) is 24.1 Å². The van der Waals surface area contributed by atoms with Crippen LogP contribution in [0.25, 0.3) is 0 Å². The Morgan fingerprint density at radius 1 is 1.43 bits per heavy atom. The van der Waals surface area contributed by atoms with Crippen LogP contribution in [0.1, 0.15) is 43.7 Å². The minimum absolute atomic E-state index is 0.277. The van der Waals surface area contributed by atoms with Gasteiger partial charge in [0.1, 0.15) is 5.75 Å². The molecule has 1 saturated carbocycles. The Kier molecular flexibility index (Phi) is 4.88. The number of benzene rings is 1. The first-order valence-electron chi connectivity index (χ1n) is 7.69. The van der Waals surface area contributed by atoms with E-state index in [9.17, 15) is 4.79 Å². The molecule has 1 aromatic carbocycles. The number of amides is 1. The van der Waals surface area contributed by atoms with Crippen molar-refractivity contribution >= 4 is 5.91 Å². The summed E-state index contributed by atoms with van der Waals surface area (Å²) < 4.78 is 5.83. The van der Waals surface area contributed by atoms with E-state index in [0.29, 0.717) is 19.1 Å². The van der Waals surface area contributed by atoms with Crippen LogP contribution < -0.4 is 15.8 Å². The number of primary amides is 1. The zero-order valence-corrected chi connectivity index (χ0v) is 13.2. The number of rotatable bonds is 8. The van der Waals surface area contributed by atoms with Crippen molar-refractivity contribution in [1.82, 2.24) is 5.32 Å². The lowest BCUT2D eigenvalue weighted by Crippen LogP contribution is -2.54. The highest BCUT2D eigenvalue weighted by Gasteiger charge is 2.36. The normalized spacial score (nSPS) is 17.3. The van der Waals surface area contributed by atoms with Gasteiger partial charge in [-0.15, -0.1) is 0 Å². The van der Waals surface area contributed by atoms with Gasteiger partial charge < -0.3 is 15.8 Å². The molecule has 21 heavy (non-hydrogen) atoms. The second-order valence-corrected chi connectivity index (χ2v) is 6.27. The number of carbonyl (C=O) groups excluding carboxylic acids is 1. The van der Waals surface area contributed by atoms with Crippen molar-refractivity contribution < 1.29 is 9.53 Å². The summed E-state index contributed by atoms with van der Waals surface area (Å²) in [4.78, 5) is 11.7. The van der Waals surface area contributed by atoms with Crippen molar-refractivity contribution in [1.29, 1.82) is 0 Å². The average molecular weight is 290 g/mol. The lowest BCUT2D eigenvalue weighted by atomic mass is 9.95. The van der Waals surface area contributed by atoms with E-state index in [0.717, 1.165) is 25.0 Å². The van der Waals surface area contributed by atoms with Gasteiger partial charge in [0.2, 0.25) is 5.91 Å². The highest BCUT2D eigenvalue weighted by molar-refractivity contribution is 5.84. The smallest absolute Gasteiger partial charge is 0.237 e. The number of nitrogens with two attached hydrogens (primary N) is 1. The van der Waals surface area contributed by atoms with E-state index in [-0.39, 0.29) is 5.91 Å². The Morgan fingerprint density at radius 3 is 2.76 bits per heavy atom.